The van der Waals surface area contributed by atoms with E-state index in [4.69, 9.17) is 0 Å². The lowest BCUT2D eigenvalue weighted by atomic mass is 10.1. The molecule has 0 aliphatic rings. The van der Waals surface area contributed by atoms with E-state index in [-0.39, 0.29) is 5.82 Å². The predicted octanol–water partition coefficient (Wildman–Crippen LogP) is 4.06. The summed E-state index contributed by atoms with van der Waals surface area (Å²) >= 11 is 1.40. The highest BCUT2D eigenvalue weighted by Gasteiger charge is 2.07. The molecule has 0 unspecified atom stereocenters. The van der Waals surface area contributed by atoms with Gasteiger partial charge in [-0.3, -0.25) is 4.72 Å². The molecule has 2 aromatic carbocycles. The quantitative estimate of drug-likeness (QED) is 0.717. The Kier molecular flexibility index (Phi) is 4.50. The van der Waals surface area contributed by atoms with Gasteiger partial charge in [0.15, 0.2) is 5.13 Å². The van der Waals surface area contributed by atoms with E-state index in [1.165, 1.54) is 23.5 Å². The van der Waals surface area contributed by atoms with Crippen molar-refractivity contribution in [2.75, 3.05) is 16.3 Å². The van der Waals surface area contributed by atoms with Crippen molar-refractivity contribution >= 4 is 37.9 Å². The van der Waals surface area contributed by atoms with Crippen molar-refractivity contribution in [2.24, 2.45) is 0 Å². The van der Waals surface area contributed by atoms with E-state index in [9.17, 15) is 12.8 Å². The van der Waals surface area contributed by atoms with E-state index in [2.05, 4.69) is 15.0 Å². The minimum atomic E-state index is -3.29. The third kappa shape index (κ3) is 4.30. The van der Waals surface area contributed by atoms with Crippen molar-refractivity contribution in [1.29, 1.82) is 0 Å². The van der Waals surface area contributed by atoms with Gasteiger partial charge in [0, 0.05) is 22.3 Å². The van der Waals surface area contributed by atoms with Gasteiger partial charge >= 0.3 is 0 Å². The molecule has 0 aliphatic carbocycles. The summed E-state index contributed by atoms with van der Waals surface area (Å²) in [4.78, 5) is 4.46. The Hall–Kier alpha value is -2.45. The van der Waals surface area contributed by atoms with Gasteiger partial charge < -0.3 is 5.32 Å². The SMILES string of the molecule is CS(=O)(=O)Nc1ccc(-c2csc(Nc3cccc(F)c3)n2)cc1. The highest BCUT2D eigenvalue weighted by Crippen LogP contribution is 2.28. The number of anilines is 3. The molecular formula is C16H14FN3O2S2. The molecule has 0 amide bonds. The molecule has 24 heavy (non-hydrogen) atoms. The summed E-state index contributed by atoms with van der Waals surface area (Å²) in [7, 11) is -3.29. The number of rotatable bonds is 5. The molecule has 124 valence electrons. The molecule has 5 nitrogen and oxygen atoms in total. The molecule has 0 saturated heterocycles. The van der Waals surface area contributed by atoms with Crippen LogP contribution in [0.4, 0.5) is 20.9 Å². The van der Waals surface area contributed by atoms with Gasteiger partial charge in [-0.05, 0) is 30.3 Å². The Morgan fingerprint density at radius 1 is 1.08 bits per heavy atom. The normalized spacial score (nSPS) is 11.2. The van der Waals surface area contributed by atoms with Gasteiger partial charge in [0.05, 0.1) is 11.9 Å². The second kappa shape index (κ2) is 6.58. The number of aromatic nitrogens is 1. The predicted molar refractivity (Wildman–Crippen MR) is 95.7 cm³/mol. The van der Waals surface area contributed by atoms with Gasteiger partial charge in [0.25, 0.3) is 0 Å². The van der Waals surface area contributed by atoms with Crippen LogP contribution in [0.2, 0.25) is 0 Å². The number of hydrogen-bond donors (Lipinski definition) is 2. The molecule has 0 atom stereocenters. The average molecular weight is 363 g/mol. The number of halogens is 1. The maximum Gasteiger partial charge on any atom is 0.229 e. The zero-order valence-corrected chi connectivity index (χ0v) is 14.3. The number of thiazole rings is 1. The van der Waals surface area contributed by atoms with Crippen LogP contribution in [0, 0.1) is 5.82 Å². The Labute approximate surface area is 143 Å². The molecule has 0 saturated carbocycles. The number of sulfonamides is 1. The molecule has 8 heteroatoms. The summed E-state index contributed by atoms with van der Waals surface area (Å²) in [6, 6.07) is 13.1. The van der Waals surface area contributed by atoms with E-state index in [0.29, 0.717) is 16.5 Å². The van der Waals surface area contributed by atoms with Crippen LogP contribution in [0.1, 0.15) is 0 Å². The van der Waals surface area contributed by atoms with E-state index in [0.717, 1.165) is 17.5 Å². The van der Waals surface area contributed by atoms with Crippen molar-refractivity contribution in [3.63, 3.8) is 0 Å². The lowest BCUT2D eigenvalue weighted by Gasteiger charge is -2.04. The molecule has 0 fully saturated rings. The molecule has 3 aromatic rings. The fourth-order valence-electron chi connectivity index (χ4n) is 2.08. The minimum absolute atomic E-state index is 0.314. The van der Waals surface area contributed by atoms with Crippen molar-refractivity contribution in [3.05, 3.63) is 59.7 Å². The van der Waals surface area contributed by atoms with Crippen LogP contribution in [0.3, 0.4) is 0 Å². The van der Waals surface area contributed by atoms with Crippen LogP contribution in [0.25, 0.3) is 11.3 Å². The van der Waals surface area contributed by atoms with Gasteiger partial charge in [-0.1, -0.05) is 18.2 Å². The molecule has 0 bridgehead atoms. The van der Waals surface area contributed by atoms with Gasteiger partial charge in [0.1, 0.15) is 5.82 Å². The molecule has 1 heterocycles. The second-order valence-electron chi connectivity index (χ2n) is 5.12. The maximum atomic E-state index is 13.2. The number of nitrogens with zero attached hydrogens (tertiary/aromatic N) is 1. The van der Waals surface area contributed by atoms with Gasteiger partial charge in [-0.15, -0.1) is 11.3 Å². The molecule has 2 N–H and O–H groups in total. The summed E-state index contributed by atoms with van der Waals surface area (Å²) in [6.07, 6.45) is 1.10. The van der Waals surface area contributed by atoms with Gasteiger partial charge in [-0.2, -0.15) is 0 Å². The molecule has 0 aliphatic heterocycles. The Bertz CT molecular complexity index is 953. The summed E-state index contributed by atoms with van der Waals surface area (Å²) in [5.41, 5.74) is 2.74. The van der Waals surface area contributed by atoms with Crippen LogP contribution in [-0.4, -0.2) is 19.7 Å². The lowest BCUT2D eigenvalue weighted by molar-refractivity contribution is 0.607. The average Bonchev–Trinajstić information content (AvgIpc) is 2.95. The van der Waals surface area contributed by atoms with Crippen LogP contribution >= 0.6 is 11.3 Å². The second-order valence-corrected chi connectivity index (χ2v) is 7.73. The fourth-order valence-corrected chi connectivity index (χ4v) is 3.38. The third-order valence-corrected chi connectivity index (χ3v) is 4.43. The molecule has 0 spiro atoms. The van der Waals surface area contributed by atoms with Gasteiger partial charge in [0.2, 0.25) is 10.0 Å². The lowest BCUT2D eigenvalue weighted by Crippen LogP contribution is -2.09. The highest BCUT2D eigenvalue weighted by atomic mass is 32.2. The van der Waals surface area contributed by atoms with Crippen LogP contribution in [-0.2, 0) is 10.0 Å². The van der Waals surface area contributed by atoms with Crippen LogP contribution in [0.15, 0.2) is 53.9 Å². The van der Waals surface area contributed by atoms with Crippen molar-refractivity contribution in [3.8, 4) is 11.3 Å². The molecule has 1 aromatic heterocycles. The monoisotopic (exact) mass is 363 g/mol. The first-order chi connectivity index (χ1) is 11.4. The van der Waals surface area contributed by atoms with E-state index >= 15 is 0 Å². The van der Waals surface area contributed by atoms with Crippen molar-refractivity contribution < 1.29 is 12.8 Å². The van der Waals surface area contributed by atoms with E-state index in [1.807, 2.05) is 5.38 Å². The van der Waals surface area contributed by atoms with Crippen molar-refractivity contribution in [2.45, 2.75) is 0 Å². The summed E-state index contributed by atoms with van der Waals surface area (Å²) in [6.45, 7) is 0. The first-order valence-electron chi connectivity index (χ1n) is 6.95. The topological polar surface area (TPSA) is 71.1 Å². The Morgan fingerprint density at radius 3 is 2.50 bits per heavy atom. The number of nitrogens with one attached hydrogen (secondary N) is 2. The first kappa shape index (κ1) is 16.4. The largest absolute Gasteiger partial charge is 0.331 e. The van der Waals surface area contributed by atoms with Crippen molar-refractivity contribution in [1.82, 2.24) is 4.98 Å². The van der Waals surface area contributed by atoms with Crippen LogP contribution < -0.4 is 10.0 Å². The van der Waals surface area contributed by atoms with Gasteiger partial charge in [-0.25, -0.2) is 17.8 Å². The van der Waals surface area contributed by atoms with Crippen LogP contribution in [0.5, 0.6) is 0 Å². The maximum absolute atomic E-state index is 13.2. The minimum Gasteiger partial charge on any atom is -0.331 e. The summed E-state index contributed by atoms with van der Waals surface area (Å²) < 4.78 is 38.0. The Balaban J connectivity index is 1.75. The standard InChI is InChI=1S/C16H14FN3O2S2/c1-24(21,22)20-13-7-5-11(6-8-13)15-10-23-16(19-15)18-14-4-2-3-12(17)9-14/h2-10,20H,1H3,(H,18,19). The first-order valence-corrected chi connectivity index (χ1v) is 9.72. The highest BCUT2D eigenvalue weighted by molar-refractivity contribution is 7.92. The number of benzene rings is 2. The molecule has 0 radical (unpaired) electrons. The fraction of sp³-hybridized carbons (Fsp3) is 0.0625. The number of hydrogen-bond acceptors (Lipinski definition) is 5. The zero-order valence-electron chi connectivity index (χ0n) is 12.7. The summed E-state index contributed by atoms with van der Waals surface area (Å²) in [5.74, 6) is -0.314. The Morgan fingerprint density at radius 2 is 1.83 bits per heavy atom. The molecular weight excluding hydrogens is 349 g/mol. The van der Waals surface area contributed by atoms with E-state index in [1.54, 1.807) is 36.4 Å². The zero-order chi connectivity index (χ0) is 17.2. The summed E-state index contributed by atoms with van der Waals surface area (Å²) in [5, 5.41) is 5.58. The van der Waals surface area contributed by atoms with E-state index < -0.39 is 10.0 Å². The third-order valence-electron chi connectivity index (χ3n) is 3.06. The molecule has 3 rings (SSSR count). The smallest absolute Gasteiger partial charge is 0.229 e.